The quantitative estimate of drug-likeness (QED) is 0.890. The number of benzene rings is 2. The Morgan fingerprint density at radius 3 is 2.17 bits per heavy atom. The first-order chi connectivity index (χ1) is 10.9. The number of hydrogen-bond acceptors (Lipinski definition) is 3. The number of hydrogen-bond donors (Lipinski definition) is 2. The average Bonchev–Trinajstić information content (AvgIpc) is 2.50. The van der Waals surface area contributed by atoms with Gasteiger partial charge in [-0.05, 0) is 61.4 Å². The smallest absolute Gasteiger partial charge is 0.262 e. The van der Waals surface area contributed by atoms with Gasteiger partial charge in [-0.3, -0.25) is 9.59 Å². The van der Waals surface area contributed by atoms with E-state index in [9.17, 15) is 9.59 Å². The monoisotopic (exact) mass is 312 g/mol. The van der Waals surface area contributed by atoms with Gasteiger partial charge in [0.15, 0.2) is 6.61 Å². The van der Waals surface area contributed by atoms with E-state index in [1.807, 2.05) is 32.0 Å². The maximum absolute atomic E-state index is 11.9. The molecule has 2 aromatic rings. The highest BCUT2D eigenvalue weighted by atomic mass is 16.5. The van der Waals surface area contributed by atoms with Gasteiger partial charge in [-0.15, -0.1) is 0 Å². The standard InChI is InChI=1S/C18H20N2O3/c1-12-4-5-16(10-13(12)2)20-18(22)11-23-17-8-6-15(7-9-17)19-14(3)21/h4-10H,11H2,1-3H3,(H,19,21)(H,20,22). The van der Waals surface area contributed by atoms with Crippen LogP contribution in [0.15, 0.2) is 42.5 Å². The van der Waals surface area contributed by atoms with Gasteiger partial charge in [0, 0.05) is 18.3 Å². The molecule has 120 valence electrons. The van der Waals surface area contributed by atoms with Crippen LogP contribution in [0.25, 0.3) is 0 Å². The highest BCUT2D eigenvalue weighted by Crippen LogP contribution is 2.16. The number of aryl methyl sites for hydroxylation is 2. The summed E-state index contributed by atoms with van der Waals surface area (Å²) in [4.78, 5) is 22.8. The minimum Gasteiger partial charge on any atom is -0.484 e. The Morgan fingerprint density at radius 2 is 1.57 bits per heavy atom. The highest BCUT2D eigenvalue weighted by molar-refractivity contribution is 5.92. The summed E-state index contributed by atoms with van der Waals surface area (Å²) in [6.45, 7) is 5.39. The number of carbonyl (C=O) groups is 2. The first-order valence-corrected chi connectivity index (χ1v) is 7.31. The lowest BCUT2D eigenvalue weighted by Gasteiger charge is -2.09. The van der Waals surface area contributed by atoms with Crippen LogP contribution in [0, 0.1) is 13.8 Å². The van der Waals surface area contributed by atoms with E-state index in [2.05, 4.69) is 10.6 Å². The predicted molar refractivity (Wildman–Crippen MR) is 90.8 cm³/mol. The van der Waals surface area contributed by atoms with Crippen molar-refractivity contribution in [2.75, 3.05) is 17.2 Å². The van der Waals surface area contributed by atoms with Gasteiger partial charge in [0.1, 0.15) is 5.75 Å². The van der Waals surface area contributed by atoms with Gasteiger partial charge >= 0.3 is 0 Å². The Morgan fingerprint density at radius 1 is 0.913 bits per heavy atom. The van der Waals surface area contributed by atoms with Crippen LogP contribution in [-0.2, 0) is 9.59 Å². The molecule has 2 aromatic carbocycles. The van der Waals surface area contributed by atoms with Crippen LogP contribution in [0.3, 0.4) is 0 Å². The number of nitrogens with one attached hydrogen (secondary N) is 2. The van der Waals surface area contributed by atoms with Gasteiger partial charge < -0.3 is 15.4 Å². The first-order valence-electron chi connectivity index (χ1n) is 7.31. The molecule has 2 amide bonds. The Balaban J connectivity index is 1.86. The van der Waals surface area contributed by atoms with Gasteiger partial charge in [0.05, 0.1) is 0 Å². The molecule has 0 bridgehead atoms. The molecule has 5 heteroatoms. The van der Waals surface area contributed by atoms with E-state index in [4.69, 9.17) is 4.74 Å². The van der Waals surface area contributed by atoms with Gasteiger partial charge in [0.2, 0.25) is 5.91 Å². The lowest BCUT2D eigenvalue weighted by Crippen LogP contribution is -2.20. The van der Waals surface area contributed by atoms with E-state index >= 15 is 0 Å². The summed E-state index contributed by atoms with van der Waals surface area (Å²) < 4.78 is 5.43. The van der Waals surface area contributed by atoms with E-state index in [-0.39, 0.29) is 18.4 Å². The Bertz CT molecular complexity index is 709. The van der Waals surface area contributed by atoms with Crippen molar-refractivity contribution in [3.8, 4) is 5.75 Å². The SMILES string of the molecule is CC(=O)Nc1ccc(OCC(=O)Nc2ccc(C)c(C)c2)cc1. The van der Waals surface area contributed by atoms with Crippen LogP contribution in [0.4, 0.5) is 11.4 Å². The minimum atomic E-state index is -0.223. The predicted octanol–water partition coefficient (Wildman–Crippen LogP) is 3.28. The minimum absolute atomic E-state index is 0.0770. The van der Waals surface area contributed by atoms with Gasteiger partial charge in [-0.1, -0.05) is 6.07 Å². The number of ether oxygens (including phenoxy) is 1. The zero-order valence-electron chi connectivity index (χ0n) is 13.5. The largest absolute Gasteiger partial charge is 0.484 e. The van der Waals surface area contributed by atoms with Gasteiger partial charge in [0.25, 0.3) is 5.91 Å². The van der Waals surface area contributed by atoms with Crippen molar-refractivity contribution in [3.05, 3.63) is 53.6 Å². The molecule has 0 saturated heterocycles. The molecule has 2 N–H and O–H groups in total. The molecular weight excluding hydrogens is 292 g/mol. The highest BCUT2D eigenvalue weighted by Gasteiger charge is 2.05. The molecule has 0 atom stereocenters. The van der Waals surface area contributed by atoms with Gasteiger partial charge in [-0.25, -0.2) is 0 Å². The molecule has 2 rings (SSSR count). The normalized spacial score (nSPS) is 10.0. The summed E-state index contributed by atoms with van der Waals surface area (Å²) in [6, 6.07) is 12.6. The van der Waals surface area contributed by atoms with E-state index < -0.39 is 0 Å². The molecular formula is C18H20N2O3. The second-order valence-corrected chi connectivity index (χ2v) is 5.34. The molecule has 0 spiro atoms. The second-order valence-electron chi connectivity index (χ2n) is 5.34. The van der Waals surface area contributed by atoms with Crippen molar-refractivity contribution < 1.29 is 14.3 Å². The zero-order chi connectivity index (χ0) is 16.8. The fourth-order valence-corrected chi connectivity index (χ4v) is 2.00. The van der Waals surface area contributed by atoms with E-state index in [0.29, 0.717) is 11.4 Å². The third kappa shape index (κ3) is 5.14. The van der Waals surface area contributed by atoms with Crippen molar-refractivity contribution >= 4 is 23.2 Å². The molecule has 0 aliphatic heterocycles. The van der Waals surface area contributed by atoms with E-state index in [1.165, 1.54) is 12.5 Å². The summed E-state index contributed by atoms with van der Waals surface area (Å²) >= 11 is 0. The molecule has 0 unspecified atom stereocenters. The Hall–Kier alpha value is -2.82. The summed E-state index contributed by atoms with van der Waals surface area (Å²) in [5, 5.41) is 5.46. The number of anilines is 2. The fourth-order valence-electron chi connectivity index (χ4n) is 2.00. The molecule has 0 saturated carbocycles. The number of amides is 2. The lowest BCUT2D eigenvalue weighted by molar-refractivity contribution is -0.118. The molecule has 0 aromatic heterocycles. The second kappa shape index (κ2) is 7.45. The van der Waals surface area contributed by atoms with E-state index in [1.54, 1.807) is 24.3 Å². The van der Waals surface area contributed by atoms with Crippen LogP contribution in [0.2, 0.25) is 0 Å². The van der Waals surface area contributed by atoms with Crippen LogP contribution in [0.5, 0.6) is 5.75 Å². The van der Waals surface area contributed by atoms with Crippen LogP contribution in [0.1, 0.15) is 18.1 Å². The maximum atomic E-state index is 11.9. The third-order valence-electron chi connectivity index (χ3n) is 3.34. The first kappa shape index (κ1) is 16.5. The summed E-state index contributed by atoms with van der Waals surface area (Å²) in [5.41, 5.74) is 3.74. The molecule has 0 heterocycles. The summed E-state index contributed by atoms with van der Waals surface area (Å²) in [5.74, 6) is 0.208. The van der Waals surface area contributed by atoms with Crippen molar-refractivity contribution in [2.45, 2.75) is 20.8 Å². The maximum Gasteiger partial charge on any atom is 0.262 e. The van der Waals surface area contributed by atoms with Gasteiger partial charge in [-0.2, -0.15) is 0 Å². The molecule has 0 radical (unpaired) electrons. The Labute approximate surface area is 135 Å². The van der Waals surface area contributed by atoms with Crippen molar-refractivity contribution in [2.24, 2.45) is 0 Å². The van der Waals surface area contributed by atoms with Crippen LogP contribution >= 0.6 is 0 Å². The average molecular weight is 312 g/mol. The summed E-state index contributed by atoms with van der Waals surface area (Å²) in [6.07, 6.45) is 0. The van der Waals surface area contributed by atoms with Crippen molar-refractivity contribution in [1.29, 1.82) is 0 Å². The number of carbonyl (C=O) groups excluding carboxylic acids is 2. The van der Waals surface area contributed by atoms with Crippen LogP contribution in [-0.4, -0.2) is 18.4 Å². The topological polar surface area (TPSA) is 67.4 Å². The fraction of sp³-hybridized carbons (Fsp3) is 0.222. The summed E-state index contributed by atoms with van der Waals surface area (Å²) in [7, 11) is 0. The van der Waals surface area contributed by atoms with Crippen molar-refractivity contribution in [1.82, 2.24) is 0 Å². The van der Waals surface area contributed by atoms with E-state index in [0.717, 1.165) is 11.3 Å². The molecule has 5 nitrogen and oxygen atoms in total. The molecule has 0 aliphatic rings. The Kier molecular flexibility index (Phi) is 5.36. The third-order valence-corrected chi connectivity index (χ3v) is 3.34. The number of rotatable bonds is 5. The lowest BCUT2D eigenvalue weighted by atomic mass is 10.1. The molecule has 0 aliphatic carbocycles. The van der Waals surface area contributed by atoms with Crippen LogP contribution < -0.4 is 15.4 Å². The zero-order valence-corrected chi connectivity index (χ0v) is 13.5. The molecule has 0 fully saturated rings. The molecule has 23 heavy (non-hydrogen) atoms. The van der Waals surface area contributed by atoms with Crippen molar-refractivity contribution in [3.63, 3.8) is 0 Å².